The number of sulfonamides is 1. The molecule has 1 aliphatic heterocycles. The van der Waals surface area contributed by atoms with Crippen molar-refractivity contribution in [1.29, 1.82) is 5.26 Å². The van der Waals surface area contributed by atoms with Gasteiger partial charge in [-0.1, -0.05) is 18.2 Å². The summed E-state index contributed by atoms with van der Waals surface area (Å²) in [5, 5.41) is 9.73. The number of benzene rings is 2. The predicted octanol–water partition coefficient (Wildman–Crippen LogP) is 3.93. The molecule has 146 valence electrons. The summed E-state index contributed by atoms with van der Waals surface area (Å²) in [6.45, 7) is 0.495. The van der Waals surface area contributed by atoms with Gasteiger partial charge in [0.05, 0.1) is 28.9 Å². The Morgan fingerprint density at radius 2 is 1.86 bits per heavy atom. The summed E-state index contributed by atoms with van der Waals surface area (Å²) in [6, 6.07) is 18.0. The fourth-order valence-electron chi connectivity index (χ4n) is 3.13. The summed E-state index contributed by atoms with van der Waals surface area (Å²) in [4.78, 5) is 4.34. The van der Waals surface area contributed by atoms with E-state index in [-0.39, 0.29) is 18.0 Å². The van der Waals surface area contributed by atoms with Crippen LogP contribution in [-0.4, -0.2) is 32.8 Å². The fraction of sp³-hybridized carbons (Fsp3) is 0.143. The Morgan fingerprint density at radius 3 is 2.52 bits per heavy atom. The van der Waals surface area contributed by atoms with Gasteiger partial charge in [0.1, 0.15) is 17.3 Å². The highest BCUT2D eigenvalue weighted by Crippen LogP contribution is 2.38. The van der Waals surface area contributed by atoms with Gasteiger partial charge in [0.15, 0.2) is 0 Å². The Morgan fingerprint density at radius 1 is 1.10 bits per heavy atom. The van der Waals surface area contributed by atoms with Gasteiger partial charge in [0, 0.05) is 6.20 Å². The number of hydrogen-bond donors (Lipinski definition) is 0. The van der Waals surface area contributed by atoms with E-state index in [0.29, 0.717) is 17.0 Å². The van der Waals surface area contributed by atoms with Crippen LogP contribution in [0.2, 0.25) is 0 Å². The van der Waals surface area contributed by atoms with Crippen molar-refractivity contribution in [2.24, 2.45) is 0 Å². The van der Waals surface area contributed by atoms with Gasteiger partial charge < -0.3 is 4.74 Å². The molecular formula is C21H17N3O3S2. The Labute approximate surface area is 173 Å². The Balaban J connectivity index is 1.75. The number of nitrogens with zero attached hydrogens (tertiary/aromatic N) is 3. The molecule has 0 saturated carbocycles. The third-order valence-corrected chi connectivity index (χ3v) is 7.09. The van der Waals surface area contributed by atoms with E-state index in [9.17, 15) is 8.42 Å². The van der Waals surface area contributed by atoms with Gasteiger partial charge in [0.25, 0.3) is 10.0 Å². The van der Waals surface area contributed by atoms with E-state index in [1.165, 1.54) is 22.3 Å². The van der Waals surface area contributed by atoms with E-state index in [1.807, 2.05) is 24.5 Å². The summed E-state index contributed by atoms with van der Waals surface area (Å²) in [5.74, 6) is 0.519. The molecule has 8 heteroatoms. The molecule has 2 heterocycles. The predicted molar refractivity (Wildman–Crippen MR) is 113 cm³/mol. The molecule has 29 heavy (non-hydrogen) atoms. The SMILES string of the molecule is CSc1ccc(S(=O)(=O)N2CCOc3ccc(-c4ccc(C#N)cc4)cc32)cn1. The van der Waals surface area contributed by atoms with Gasteiger partial charge in [-0.25, -0.2) is 13.4 Å². The van der Waals surface area contributed by atoms with Gasteiger partial charge in [-0.15, -0.1) is 11.8 Å². The third-order valence-electron chi connectivity index (χ3n) is 4.63. The van der Waals surface area contributed by atoms with Gasteiger partial charge in [-0.2, -0.15) is 5.26 Å². The molecule has 6 nitrogen and oxygen atoms in total. The van der Waals surface area contributed by atoms with Crippen molar-refractivity contribution in [2.75, 3.05) is 23.7 Å². The third kappa shape index (κ3) is 3.67. The second kappa shape index (κ2) is 7.78. The highest BCUT2D eigenvalue weighted by atomic mass is 32.2. The standard InChI is InChI=1S/C21H17N3O3S2/c1-28-21-9-7-18(14-23-21)29(25,26)24-10-11-27-20-8-6-17(12-19(20)24)16-4-2-15(13-22)3-5-16/h2-9,12,14H,10-11H2,1H3. The van der Waals surface area contributed by atoms with Crippen LogP contribution in [0.15, 0.2) is 70.7 Å². The molecule has 0 aliphatic carbocycles. The van der Waals surface area contributed by atoms with Crippen LogP contribution < -0.4 is 9.04 Å². The first-order valence-electron chi connectivity index (χ1n) is 8.83. The van der Waals surface area contributed by atoms with E-state index in [4.69, 9.17) is 10.00 Å². The van der Waals surface area contributed by atoms with Crippen LogP contribution in [0.5, 0.6) is 5.75 Å². The molecule has 3 aromatic rings. The number of fused-ring (bicyclic) bond motifs is 1. The molecule has 0 unspecified atom stereocenters. The molecule has 4 rings (SSSR count). The monoisotopic (exact) mass is 423 g/mol. The smallest absolute Gasteiger partial charge is 0.266 e. The van der Waals surface area contributed by atoms with E-state index >= 15 is 0 Å². The Bertz CT molecular complexity index is 1190. The average molecular weight is 424 g/mol. The fourth-order valence-corrected chi connectivity index (χ4v) is 4.89. The molecule has 0 saturated heterocycles. The minimum atomic E-state index is -3.77. The first-order chi connectivity index (χ1) is 14.0. The van der Waals surface area contributed by atoms with E-state index in [1.54, 1.807) is 36.4 Å². The zero-order valence-electron chi connectivity index (χ0n) is 15.6. The van der Waals surface area contributed by atoms with Crippen molar-refractivity contribution in [1.82, 2.24) is 4.98 Å². The summed E-state index contributed by atoms with van der Waals surface area (Å²) >= 11 is 1.45. The van der Waals surface area contributed by atoms with Crippen LogP contribution in [0.3, 0.4) is 0 Å². The van der Waals surface area contributed by atoms with Crippen LogP contribution >= 0.6 is 11.8 Å². The number of hydrogen-bond acceptors (Lipinski definition) is 6. The van der Waals surface area contributed by atoms with Crippen molar-refractivity contribution in [2.45, 2.75) is 9.92 Å². The Kier molecular flexibility index (Phi) is 5.18. The van der Waals surface area contributed by atoms with Crippen LogP contribution in [0.25, 0.3) is 11.1 Å². The number of nitriles is 1. The minimum Gasteiger partial charge on any atom is -0.489 e. The quantitative estimate of drug-likeness (QED) is 0.591. The number of ether oxygens (including phenoxy) is 1. The van der Waals surface area contributed by atoms with Gasteiger partial charge in [0.2, 0.25) is 0 Å². The van der Waals surface area contributed by atoms with Crippen LogP contribution in [-0.2, 0) is 10.0 Å². The topological polar surface area (TPSA) is 83.3 Å². The lowest BCUT2D eigenvalue weighted by Crippen LogP contribution is -2.38. The number of aromatic nitrogens is 1. The molecule has 0 fully saturated rings. The molecule has 0 bridgehead atoms. The number of thioether (sulfide) groups is 1. The minimum absolute atomic E-state index is 0.145. The van der Waals surface area contributed by atoms with E-state index in [0.717, 1.165) is 16.2 Å². The lowest BCUT2D eigenvalue weighted by atomic mass is 10.0. The Hall–Kier alpha value is -3.02. The van der Waals surface area contributed by atoms with Crippen LogP contribution in [0.1, 0.15) is 5.56 Å². The molecular weight excluding hydrogens is 406 g/mol. The maximum Gasteiger partial charge on any atom is 0.266 e. The lowest BCUT2D eigenvalue weighted by Gasteiger charge is -2.30. The molecule has 0 radical (unpaired) electrons. The summed E-state index contributed by atoms with van der Waals surface area (Å²) < 4.78 is 33.6. The van der Waals surface area contributed by atoms with Gasteiger partial charge in [-0.3, -0.25) is 4.31 Å². The molecule has 1 aliphatic rings. The zero-order chi connectivity index (χ0) is 20.4. The van der Waals surface area contributed by atoms with Crippen molar-refractivity contribution in [3.05, 3.63) is 66.4 Å². The van der Waals surface area contributed by atoms with E-state index < -0.39 is 10.0 Å². The highest BCUT2D eigenvalue weighted by molar-refractivity contribution is 7.98. The van der Waals surface area contributed by atoms with Crippen molar-refractivity contribution >= 4 is 27.5 Å². The molecule has 2 aromatic carbocycles. The lowest BCUT2D eigenvalue weighted by molar-refractivity contribution is 0.316. The summed E-state index contributed by atoms with van der Waals surface area (Å²) in [7, 11) is -3.77. The number of rotatable bonds is 4. The largest absolute Gasteiger partial charge is 0.489 e. The first kappa shape index (κ1) is 19.3. The summed E-state index contributed by atoms with van der Waals surface area (Å²) in [5.41, 5.74) is 2.79. The summed E-state index contributed by atoms with van der Waals surface area (Å²) in [6.07, 6.45) is 3.28. The second-order valence-corrected chi connectivity index (χ2v) is 9.02. The molecule has 0 amide bonds. The van der Waals surface area contributed by atoms with Gasteiger partial charge >= 0.3 is 0 Å². The maximum atomic E-state index is 13.3. The molecule has 0 N–H and O–H groups in total. The van der Waals surface area contributed by atoms with Gasteiger partial charge in [-0.05, 0) is 53.8 Å². The van der Waals surface area contributed by atoms with Crippen LogP contribution in [0.4, 0.5) is 5.69 Å². The van der Waals surface area contributed by atoms with Crippen molar-refractivity contribution < 1.29 is 13.2 Å². The first-order valence-corrected chi connectivity index (χ1v) is 11.5. The normalized spacial score (nSPS) is 13.3. The molecule has 0 spiro atoms. The van der Waals surface area contributed by atoms with E-state index in [2.05, 4.69) is 11.1 Å². The molecule has 0 atom stereocenters. The highest BCUT2D eigenvalue weighted by Gasteiger charge is 2.30. The van der Waals surface area contributed by atoms with Crippen molar-refractivity contribution in [3.8, 4) is 22.9 Å². The van der Waals surface area contributed by atoms with Crippen molar-refractivity contribution in [3.63, 3.8) is 0 Å². The maximum absolute atomic E-state index is 13.3. The number of anilines is 1. The second-order valence-electron chi connectivity index (χ2n) is 6.33. The average Bonchev–Trinajstić information content (AvgIpc) is 2.78. The zero-order valence-corrected chi connectivity index (χ0v) is 17.2. The number of pyridine rings is 1. The molecule has 1 aromatic heterocycles. The van der Waals surface area contributed by atoms with Crippen LogP contribution in [0, 0.1) is 11.3 Å².